The van der Waals surface area contributed by atoms with E-state index in [9.17, 15) is 13.2 Å². The highest BCUT2D eigenvalue weighted by molar-refractivity contribution is 7.89. The van der Waals surface area contributed by atoms with E-state index in [0.29, 0.717) is 4.96 Å². The number of carbonyl (C=O) groups is 1. The molecule has 2 aromatic heterocycles. The lowest BCUT2D eigenvalue weighted by atomic mass is 10.4. The molecule has 2 rings (SSSR count). The number of sulfonamides is 1. The zero-order valence-electron chi connectivity index (χ0n) is 11.7. The van der Waals surface area contributed by atoms with Crippen LogP contribution in [0.25, 0.3) is 4.96 Å². The molecule has 2 heterocycles. The lowest BCUT2D eigenvalue weighted by Crippen LogP contribution is -2.41. The summed E-state index contributed by atoms with van der Waals surface area (Å²) in [5, 5.41) is 4.13. The lowest BCUT2D eigenvalue weighted by molar-refractivity contribution is -0.121. The topological polar surface area (TPSA) is 83.8 Å². The molecule has 10 heteroatoms. The summed E-state index contributed by atoms with van der Waals surface area (Å²) in [4.78, 5) is 16.2. The van der Waals surface area contributed by atoms with Crippen molar-refractivity contribution in [1.29, 1.82) is 0 Å². The Bertz CT molecular complexity index is 766. The van der Waals surface area contributed by atoms with Crippen molar-refractivity contribution < 1.29 is 13.2 Å². The van der Waals surface area contributed by atoms with Crippen LogP contribution in [0.4, 0.5) is 0 Å². The fourth-order valence-electron chi connectivity index (χ4n) is 1.77. The molecule has 0 fully saturated rings. The third kappa shape index (κ3) is 3.20. The third-order valence-electron chi connectivity index (χ3n) is 2.65. The van der Waals surface area contributed by atoms with Crippen molar-refractivity contribution in [2.45, 2.75) is 24.9 Å². The van der Waals surface area contributed by atoms with Crippen molar-refractivity contribution in [3.05, 3.63) is 16.7 Å². The molecule has 1 N–H and O–H groups in total. The smallest absolute Gasteiger partial charge is 0.262 e. The first-order chi connectivity index (χ1) is 9.73. The zero-order chi connectivity index (χ0) is 15.8. The molecule has 0 saturated heterocycles. The third-order valence-corrected chi connectivity index (χ3v) is 5.61. The molecular formula is C11H15ClN4O3S2. The molecule has 0 aromatic carbocycles. The van der Waals surface area contributed by atoms with E-state index >= 15 is 0 Å². The minimum atomic E-state index is -3.91. The van der Waals surface area contributed by atoms with Crippen LogP contribution in [0.5, 0.6) is 0 Å². The van der Waals surface area contributed by atoms with Crippen molar-refractivity contribution in [1.82, 2.24) is 19.0 Å². The van der Waals surface area contributed by atoms with Gasteiger partial charge < -0.3 is 5.32 Å². The molecule has 2 aromatic rings. The Hall–Kier alpha value is -1.16. The molecule has 0 radical (unpaired) electrons. The first-order valence-electron chi connectivity index (χ1n) is 6.10. The van der Waals surface area contributed by atoms with Crippen LogP contribution >= 0.6 is 22.9 Å². The van der Waals surface area contributed by atoms with E-state index in [1.165, 1.54) is 22.8 Å². The molecule has 0 saturated carbocycles. The van der Waals surface area contributed by atoms with E-state index in [-0.39, 0.29) is 28.7 Å². The van der Waals surface area contributed by atoms with Crippen LogP contribution < -0.4 is 5.32 Å². The predicted molar refractivity (Wildman–Crippen MR) is 81.2 cm³/mol. The molecule has 7 nitrogen and oxygen atoms in total. The second kappa shape index (κ2) is 5.91. The predicted octanol–water partition coefficient (Wildman–Crippen LogP) is 1.19. The largest absolute Gasteiger partial charge is 0.353 e. The Morgan fingerprint density at radius 2 is 2.24 bits per heavy atom. The minimum absolute atomic E-state index is 0.0595. The van der Waals surface area contributed by atoms with Crippen LogP contribution in [0.2, 0.25) is 5.15 Å². The summed E-state index contributed by atoms with van der Waals surface area (Å²) in [5.74, 6) is -0.377. The number of carbonyl (C=O) groups excluding carboxylic acids is 1. The number of nitrogens with one attached hydrogen (secondary N) is 1. The number of rotatable bonds is 5. The van der Waals surface area contributed by atoms with Gasteiger partial charge in [-0.25, -0.2) is 13.4 Å². The van der Waals surface area contributed by atoms with Crippen LogP contribution in [-0.4, -0.2) is 47.6 Å². The first kappa shape index (κ1) is 16.2. The summed E-state index contributed by atoms with van der Waals surface area (Å²) in [6.45, 7) is 3.32. The molecule has 0 aliphatic rings. The molecular weight excluding hydrogens is 336 g/mol. The molecule has 0 aliphatic carbocycles. The van der Waals surface area contributed by atoms with Crippen LogP contribution in [0.3, 0.4) is 0 Å². The second-order valence-electron chi connectivity index (χ2n) is 4.75. The Morgan fingerprint density at radius 1 is 1.57 bits per heavy atom. The van der Waals surface area contributed by atoms with E-state index in [0.717, 1.165) is 4.31 Å². The molecule has 0 aliphatic heterocycles. The number of nitrogens with zero attached hydrogens (tertiary/aromatic N) is 3. The Kier molecular flexibility index (Phi) is 4.57. The molecule has 0 spiro atoms. The summed E-state index contributed by atoms with van der Waals surface area (Å²) in [7, 11) is -2.58. The molecule has 116 valence electrons. The normalized spacial score (nSPS) is 12.5. The highest BCUT2D eigenvalue weighted by Crippen LogP contribution is 2.27. The first-order valence-corrected chi connectivity index (χ1v) is 8.80. The number of thiazole rings is 1. The summed E-state index contributed by atoms with van der Waals surface area (Å²) in [6, 6.07) is -0.0595. The van der Waals surface area contributed by atoms with Crippen molar-refractivity contribution in [3.8, 4) is 0 Å². The number of likely N-dealkylation sites (N-methyl/N-ethyl adjacent to an activating group) is 1. The van der Waals surface area contributed by atoms with Crippen LogP contribution in [0, 0.1) is 0 Å². The van der Waals surface area contributed by atoms with Gasteiger partial charge in [0.1, 0.15) is 0 Å². The van der Waals surface area contributed by atoms with Crippen LogP contribution in [0.1, 0.15) is 13.8 Å². The molecule has 0 bridgehead atoms. The Morgan fingerprint density at radius 3 is 2.86 bits per heavy atom. The van der Waals surface area contributed by atoms with E-state index in [4.69, 9.17) is 11.6 Å². The van der Waals surface area contributed by atoms with Gasteiger partial charge >= 0.3 is 0 Å². The molecule has 0 unspecified atom stereocenters. The van der Waals surface area contributed by atoms with Crippen LogP contribution in [-0.2, 0) is 14.8 Å². The van der Waals surface area contributed by atoms with Gasteiger partial charge in [0.25, 0.3) is 10.0 Å². The monoisotopic (exact) mass is 350 g/mol. The maximum Gasteiger partial charge on any atom is 0.262 e. The van der Waals surface area contributed by atoms with Crippen molar-refractivity contribution in [3.63, 3.8) is 0 Å². The van der Waals surface area contributed by atoms with Crippen molar-refractivity contribution in [2.24, 2.45) is 0 Å². The number of aromatic nitrogens is 2. The Labute approximate surface area is 131 Å². The molecule has 21 heavy (non-hydrogen) atoms. The lowest BCUT2D eigenvalue weighted by Gasteiger charge is -2.17. The van der Waals surface area contributed by atoms with Gasteiger partial charge in [-0.15, -0.1) is 11.3 Å². The molecule has 1 amide bonds. The fourth-order valence-corrected chi connectivity index (χ4v) is 4.29. The van der Waals surface area contributed by atoms with Gasteiger partial charge in [0.2, 0.25) is 5.91 Å². The maximum atomic E-state index is 12.6. The average molecular weight is 351 g/mol. The quantitative estimate of drug-likeness (QED) is 0.878. The van der Waals surface area contributed by atoms with Crippen molar-refractivity contribution in [2.75, 3.05) is 13.6 Å². The van der Waals surface area contributed by atoms with Gasteiger partial charge in [-0.2, -0.15) is 4.31 Å². The number of hydrogen-bond acceptors (Lipinski definition) is 5. The second-order valence-corrected chi connectivity index (χ2v) is 7.94. The average Bonchev–Trinajstić information content (AvgIpc) is 2.86. The molecule has 0 atom stereocenters. The van der Waals surface area contributed by atoms with Gasteiger partial charge in [-0.3, -0.25) is 9.20 Å². The maximum absolute atomic E-state index is 12.6. The highest BCUT2D eigenvalue weighted by Gasteiger charge is 2.30. The van der Waals surface area contributed by atoms with Gasteiger partial charge in [0, 0.05) is 24.7 Å². The standard InChI is InChI=1S/C11H15ClN4O3S2/c1-7(2)13-8(17)6-15(3)21(18,19)10-9(12)14-11-16(10)4-5-20-11/h4-5,7H,6H2,1-3H3,(H,13,17). The summed E-state index contributed by atoms with van der Waals surface area (Å²) in [6.07, 6.45) is 1.58. The van der Waals surface area contributed by atoms with E-state index < -0.39 is 10.0 Å². The summed E-state index contributed by atoms with van der Waals surface area (Å²) in [5.41, 5.74) is 0. The van der Waals surface area contributed by atoms with Gasteiger partial charge in [0.05, 0.1) is 6.54 Å². The van der Waals surface area contributed by atoms with E-state index in [1.54, 1.807) is 25.4 Å². The summed E-state index contributed by atoms with van der Waals surface area (Å²) >= 11 is 7.20. The van der Waals surface area contributed by atoms with Gasteiger partial charge in [-0.1, -0.05) is 11.6 Å². The van der Waals surface area contributed by atoms with E-state index in [1.807, 2.05) is 0 Å². The van der Waals surface area contributed by atoms with Gasteiger partial charge in [-0.05, 0) is 13.8 Å². The minimum Gasteiger partial charge on any atom is -0.353 e. The summed E-state index contributed by atoms with van der Waals surface area (Å²) < 4.78 is 27.5. The van der Waals surface area contributed by atoms with E-state index in [2.05, 4.69) is 10.3 Å². The number of fused-ring (bicyclic) bond motifs is 1. The number of halogens is 1. The van der Waals surface area contributed by atoms with Crippen molar-refractivity contribution >= 4 is 43.8 Å². The fraction of sp³-hybridized carbons (Fsp3) is 0.455. The number of hydrogen-bond donors (Lipinski definition) is 1. The highest BCUT2D eigenvalue weighted by atomic mass is 35.5. The van der Waals surface area contributed by atoms with Gasteiger partial charge in [0.15, 0.2) is 15.1 Å². The number of amides is 1. The Balaban J connectivity index is 2.31. The number of imidazole rings is 1. The van der Waals surface area contributed by atoms with Crippen LogP contribution in [0.15, 0.2) is 16.6 Å². The SMILES string of the molecule is CC(C)NC(=O)CN(C)S(=O)(=O)c1c(Cl)nc2sccn12. The zero-order valence-corrected chi connectivity index (χ0v) is 14.1.